The monoisotopic (exact) mass is 492 g/mol. The molecule has 0 bridgehead atoms. The van der Waals surface area contributed by atoms with E-state index in [9.17, 15) is 18.3 Å². The number of nitrogens with one attached hydrogen (secondary N) is 2. The average molecular weight is 493 g/mol. The zero-order chi connectivity index (χ0) is 25.2. The predicted octanol–water partition coefficient (Wildman–Crippen LogP) is 2.64. The number of pyridine rings is 1. The van der Waals surface area contributed by atoms with Crippen molar-refractivity contribution in [2.45, 2.75) is 44.9 Å². The molecule has 0 saturated carbocycles. The Morgan fingerprint density at radius 1 is 1.26 bits per heavy atom. The molecule has 13 heteroatoms. The van der Waals surface area contributed by atoms with Crippen molar-refractivity contribution in [3.05, 3.63) is 53.2 Å². The minimum atomic E-state index is -4.49. The number of aliphatic hydroxyl groups is 1. The molecule has 3 aromatic rings. The summed E-state index contributed by atoms with van der Waals surface area (Å²) in [6.45, 7) is 2.88. The van der Waals surface area contributed by atoms with Gasteiger partial charge in [0.25, 0.3) is 0 Å². The Bertz CT molecular complexity index is 1170. The maximum atomic E-state index is 12.9. The molecule has 2 unspecified atom stereocenters. The van der Waals surface area contributed by atoms with Gasteiger partial charge >= 0.3 is 6.18 Å². The number of ether oxygens (including phenoxy) is 1. The van der Waals surface area contributed by atoms with Crippen molar-refractivity contribution >= 4 is 17.5 Å². The Morgan fingerprint density at radius 2 is 2.06 bits per heavy atom. The molecule has 0 saturated heterocycles. The molecule has 1 aliphatic rings. The average Bonchev–Trinajstić information content (AvgIpc) is 3.25. The van der Waals surface area contributed by atoms with Gasteiger partial charge in [0.15, 0.2) is 5.82 Å². The number of hydrogen-bond donors (Lipinski definition) is 3. The van der Waals surface area contributed by atoms with Gasteiger partial charge in [-0.15, -0.1) is 0 Å². The lowest BCUT2D eigenvalue weighted by Gasteiger charge is -2.39. The number of nitrogens with zero attached hydrogens (tertiary/aromatic N) is 6. The normalized spacial score (nSPS) is 17.7. The van der Waals surface area contributed by atoms with Crippen molar-refractivity contribution in [1.29, 1.82) is 0 Å². The number of aliphatic hydroxyl groups excluding tert-OH is 1. The van der Waals surface area contributed by atoms with Crippen LogP contribution in [0, 0.1) is 6.92 Å². The number of aromatic nitrogens is 5. The van der Waals surface area contributed by atoms with Crippen LogP contribution in [0.2, 0.25) is 0 Å². The fraction of sp³-hybridized carbons (Fsp3) is 0.455. The Hall–Kier alpha value is -3.45. The first-order chi connectivity index (χ1) is 16.7. The summed E-state index contributed by atoms with van der Waals surface area (Å²) in [6.07, 6.45) is -0.125. The van der Waals surface area contributed by atoms with Crippen LogP contribution in [-0.4, -0.2) is 62.9 Å². The molecular weight excluding hydrogens is 465 g/mol. The maximum Gasteiger partial charge on any atom is 0.433 e. The summed E-state index contributed by atoms with van der Waals surface area (Å²) < 4.78 is 45.4. The van der Waals surface area contributed by atoms with Crippen LogP contribution >= 0.6 is 0 Å². The minimum absolute atomic E-state index is 0.182. The fourth-order valence-electron chi connectivity index (χ4n) is 3.94. The van der Waals surface area contributed by atoms with E-state index in [0.29, 0.717) is 48.3 Å². The van der Waals surface area contributed by atoms with E-state index in [2.05, 4.69) is 30.7 Å². The molecule has 1 aliphatic heterocycles. The number of anilines is 3. The second-order valence-electron chi connectivity index (χ2n) is 8.33. The van der Waals surface area contributed by atoms with Gasteiger partial charge in [0.2, 0.25) is 5.95 Å². The molecule has 2 atom stereocenters. The summed E-state index contributed by atoms with van der Waals surface area (Å²) in [4.78, 5) is 14.4. The molecule has 35 heavy (non-hydrogen) atoms. The van der Waals surface area contributed by atoms with Gasteiger partial charge in [-0.2, -0.15) is 23.3 Å². The number of methoxy groups -OCH3 is 1. The van der Waals surface area contributed by atoms with E-state index < -0.39 is 18.1 Å². The van der Waals surface area contributed by atoms with Gasteiger partial charge in [-0.1, -0.05) is 0 Å². The van der Waals surface area contributed by atoms with Crippen molar-refractivity contribution in [2.24, 2.45) is 0 Å². The Labute approximate surface area is 200 Å². The highest BCUT2D eigenvalue weighted by Crippen LogP contribution is 2.34. The quantitative estimate of drug-likeness (QED) is 0.437. The van der Waals surface area contributed by atoms with E-state index in [-0.39, 0.29) is 12.6 Å². The van der Waals surface area contributed by atoms with Crippen molar-refractivity contribution in [3.63, 3.8) is 0 Å². The molecular formula is C22H27F3N8O2. The first-order valence-corrected chi connectivity index (χ1v) is 11.0. The van der Waals surface area contributed by atoms with Crippen LogP contribution in [0.4, 0.5) is 30.6 Å². The highest BCUT2D eigenvalue weighted by molar-refractivity contribution is 5.72. The van der Waals surface area contributed by atoms with Crippen molar-refractivity contribution < 1.29 is 23.0 Å². The summed E-state index contributed by atoms with van der Waals surface area (Å²) in [5.41, 5.74) is 1.68. The van der Waals surface area contributed by atoms with Crippen molar-refractivity contribution in [3.8, 4) is 0 Å². The summed E-state index contributed by atoms with van der Waals surface area (Å²) in [6, 6.07) is 2.33. The van der Waals surface area contributed by atoms with Crippen LogP contribution < -0.4 is 15.5 Å². The summed E-state index contributed by atoms with van der Waals surface area (Å²) in [5, 5.41) is 21.0. The second kappa shape index (κ2) is 10.0. The summed E-state index contributed by atoms with van der Waals surface area (Å²) in [7, 11) is 3.48. The molecule has 0 aliphatic carbocycles. The first kappa shape index (κ1) is 24.7. The van der Waals surface area contributed by atoms with Crippen LogP contribution in [0.15, 0.2) is 30.7 Å². The Kier molecular flexibility index (Phi) is 7.08. The van der Waals surface area contributed by atoms with Gasteiger partial charge < -0.3 is 25.4 Å². The second-order valence-corrected chi connectivity index (χ2v) is 8.33. The standard InChI is InChI=1S/C22H27F3N8O2/c1-13-18-19(32(2)16(5-7-35-3)20(34)30-18)31-21(29-13)27-9-15-10-28-33(12-15)11-14-4-6-26-17(8-14)22(23,24)25/h4,6,8,10,12,16,20,30,34H,5,7,9,11H2,1-3H3,(H,27,29,31). The van der Waals surface area contributed by atoms with E-state index >= 15 is 0 Å². The van der Waals surface area contributed by atoms with Gasteiger partial charge in [0.1, 0.15) is 17.6 Å². The lowest BCUT2D eigenvalue weighted by Crippen LogP contribution is -2.50. The lowest BCUT2D eigenvalue weighted by atomic mass is 10.1. The fourth-order valence-corrected chi connectivity index (χ4v) is 3.94. The number of aryl methyl sites for hydroxylation is 1. The molecule has 10 nitrogen and oxygen atoms in total. The zero-order valence-corrected chi connectivity index (χ0v) is 19.5. The summed E-state index contributed by atoms with van der Waals surface area (Å²) >= 11 is 0. The highest BCUT2D eigenvalue weighted by Gasteiger charge is 2.33. The van der Waals surface area contributed by atoms with Crippen LogP contribution in [0.25, 0.3) is 0 Å². The van der Waals surface area contributed by atoms with E-state index in [1.54, 1.807) is 24.2 Å². The number of hydrogen-bond acceptors (Lipinski definition) is 9. The predicted molar refractivity (Wildman–Crippen MR) is 123 cm³/mol. The third kappa shape index (κ3) is 5.62. The smallest absolute Gasteiger partial charge is 0.385 e. The van der Waals surface area contributed by atoms with Crippen LogP contribution in [0.5, 0.6) is 0 Å². The Morgan fingerprint density at radius 3 is 2.80 bits per heavy atom. The minimum Gasteiger partial charge on any atom is -0.385 e. The largest absolute Gasteiger partial charge is 0.433 e. The third-order valence-electron chi connectivity index (χ3n) is 5.77. The molecule has 3 aromatic heterocycles. The van der Waals surface area contributed by atoms with Crippen molar-refractivity contribution in [1.82, 2.24) is 24.7 Å². The SMILES string of the molecule is COCCC1C(O)Nc2c(C)nc(NCc3cnn(Cc4ccnc(C(F)(F)F)c4)c3)nc2N1C. The molecule has 188 valence electrons. The van der Waals surface area contributed by atoms with E-state index in [0.717, 1.165) is 17.8 Å². The molecule has 0 spiro atoms. The maximum absolute atomic E-state index is 12.9. The lowest BCUT2D eigenvalue weighted by molar-refractivity contribution is -0.141. The van der Waals surface area contributed by atoms with Gasteiger partial charge in [-0.05, 0) is 31.0 Å². The summed E-state index contributed by atoms with van der Waals surface area (Å²) in [5.74, 6) is 1.08. The van der Waals surface area contributed by atoms with Crippen LogP contribution in [-0.2, 0) is 24.0 Å². The van der Waals surface area contributed by atoms with Gasteiger partial charge in [0.05, 0.1) is 24.5 Å². The topological polar surface area (TPSA) is 113 Å². The Balaban J connectivity index is 1.43. The van der Waals surface area contributed by atoms with E-state index in [1.165, 1.54) is 6.07 Å². The first-order valence-electron chi connectivity index (χ1n) is 11.0. The number of alkyl halides is 3. The number of fused-ring (bicyclic) bond motifs is 1. The zero-order valence-electron chi connectivity index (χ0n) is 19.5. The van der Waals surface area contributed by atoms with Gasteiger partial charge in [0, 0.05) is 45.3 Å². The van der Waals surface area contributed by atoms with Crippen LogP contribution in [0.1, 0.15) is 28.9 Å². The number of halogens is 3. The molecule has 4 heterocycles. The molecule has 0 amide bonds. The van der Waals surface area contributed by atoms with E-state index in [1.807, 2.05) is 18.9 Å². The number of likely N-dealkylation sites (N-methyl/N-ethyl adjacent to an activating group) is 1. The molecule has 0 fully saturated rings. The van der Waals surface area contributed by atoms with Gasteiger partial charge in [-0.25, -0.2) is 4.98 Å². The molecule has 3 N–H and O–H groups in total. The highest BCUT2D eigenvalue weighted by atomic mass is 19.4. The van der Waals surface area contributed by atoms with Crippen LogP contribution in [0.3, 0.4) is 0 Å². The van der Waals surface area contributed by atoms with Crippen molar-refractivity contribution in [2.75, 3.05) is 36.3 Å². The number of rotatable bonds is 8. The third-order valence-corrected chi connectivity index (χ3v) is 5.77. The van der Waals surface area contributed by atoms with Gasteiger partial charge in [-0.3, -0.25) is 9.67 Å². The molecule has 4 rings (SSSR count). The molecule has 0 radical (unpaired) electrons. The molecule has 0 aromatic carbocycles. The van der Waals surface area contributed by atoms with E-state index in [4.69, 9.17) is 4.74 Å².